The van der Waals surface area contributed by atoms with E-state index in [0.29, 0.717) is 12.2 Å². The van der Waals surface area contributed by atoms with Crippen molar-refractivity contribution in [2.75, 3.05) is 6.61 Å². The Hall–Kier alpha value is -3.10. The quantitative estimate of drug-likeness (QED) is 0.290. The van der Waals surface area contributed by atoms with Crippen molar-refractivity contribution in [2.24, 2.45) is 5.73 Å². The Morgan fingerprint density at radius 1 is 1.10 bits per heavy atom. The van der Waals surface area contributed by atoms with E-state index in [4.69, 9.17) is 10.2 Å². The van der Waals surface area contributed by atoms with Crippen LogP contribution in [0.1, 0.15) is 6.92 Å². The third-order valence-electron chi connectivity index (χ3n) is 0.961. The van der Waals surface area contributed by atoms with Gasteiger partial charge in [-0.05, 0) is 0 Å². The van der Waals surface area contributed by atoms with Gasteiger partial charge in [-0.1, -0.05) is 19.2 Å². The number of amides is 1. The fourth-order valence-corrected chi connectivity index (χ4v) is 0.401. The normalized spacial score (nSPS) is 8.05. The van der Waals surface area contributed by atoms with Gasteiger partial charge in [-0.25, -0.2) is 14.4 Å². The second-order valence-electron chi connectivity index (χ2n) is 2.70. The van der Waals surface area contributed by atoms with E-state index in [9.17, 15) is 19.2 Å². The maximum Gasteiger partial charge on any atom is 0.404 e. The second kappa shape index (κ2) is 16.9. The number of nitrogens with two attached hydrogens (primary N) is 1. The third-order valence-corrected chi connectivity index (χ3v) is 0.961. The van der Waals surface area contributed by atoms with Gasteiger partial charge in [-0.3, -0.25) is 4.79 Å². The van der Waals surface area contributed by atoms with Gasteiger partial charge in [0.25, 0.3) is 0 Å². The van der Waals surface area contributed by atoms with E-state index >= 15 is 0 Å². The molecule has 21 heavy (non-hydrogen) atoms. The lowest BCUT2D eigenvalue weighted by molar-refractivity contribution is -0.135. The van der Waals surface area contributed by atoms with Crippen molar-refractivity contribution < 1.29 is 38.9 Å². The van der Waals surface area contributed by atoms with Crippen LogP contribution in [0, 0.1) is 0 Å². The minimum atomic E-state index is -1.26. The molecule has 0 aliphatic rings. The van der Waals surface area contributed by atoms with Crippen LogP contribution >= 0.6 is 0 Å². The molecule has 0 rings (SSSR count). The van der Waals surface area contributed by atoms with E-state index in [1.807, 2.05) is 0 Å². The van der Waals surface area contributed by atoms with Gasteiger partial charge in [0.15, 0.2) is 0 Å². The van der Waals surface area contributed by atoms with Crippen LogP contribution in [-0.2, 0) is 23.9 Å². The molecule has 0 aromatic heterocycles. The predicted molar refractivity (Wildman–Crippen MR) is 72.1 cm³/mol. The lowest BCUT2D eigenvalue weighted by Crippen LogP contribution is -2.12. The lowest BCUT2D eigenvalue weighted by Gasteiger charge is -1.90. The van der Waals surface area contributed by atoms with Gasteiger partial charge >= 0.3 is 24.0 Å². The molecule has 0 saturated carbocycles. The number of rotatable bonds is 5. The standard InChI is InChI=1S/C4H7NO2.C4H4O4.C4H6O2/c1-2-3-7-4(5)6;5-3(6)1-2-4(7)8;1-3-6-4(2)5/h2H,1,3H2,(H2,5,6);1-2H,(H,5,6)(H,7,8);3H,1H2,2H3/b;2-1+;. The molecule has 0 fully saturated rings. The predicted octanol–water partition coefficient (Wildman–Crippen LogP) is 0.672. The highest BCUT2D eigenvalue weighted by molar-refractivity contribution is 5.89. The summed E-state index contributed by atoms with van der Waals surface area (Å²) in [6.45, 7) is 7.97. The molecule has 9 nitrogen and oxygen atoms in total. The zero-order valence-corrected chi connectivity index (χ0v) is 11.4. The molecular weight excluding hydrogens is 286 g/mol. The Kier molecular flexibility index (Phi) is 18.5. The molecule has 0 aliphatic heterocycles. The SMILES string of the molecule is C=CCOC(N)=O.C=COC(C)=O.O=C(O)/C=C/C(=O)O. The minimum Gasteiger partial charge on any atom is -0.478 e. The Labute approximate surface area is 120 Å². The fourth-order valence-electron chi connectivity index (χ4n) is 0.401. The number of esters is 1. The summed E-state index contributed by atoms with van der Waals surface area (Å²) >= 11 is 0. The van der Waals surface area contributed by atoms with Crippen LogP contribution in [0.15, 0.2) is 37.6 Å². The van der Waals surface area contributed by atoms with Crippen molar-refractivity contribution in [3.63, 3.8) is 0 Å². The van der Waals surface area contributed by atoms with Gasteiger partial charge in [-0.2, -0.15) is 0 Å². The highest BCUT2D eigenvalue weighted by atomic mass is 16.5. The molecule has 0 saturated heterocycles. The largest absolute Gasteiger partial charge is 0.478 e. The van der Waals surface area contributed by atoms with Crippen LogP contribution in [0.2, 0.25) is 0 Å². The fraction of sp³-hybridized carbons (Fsp3) is 0.167. The van der Waals surface area contributed by atoms with E-state index in [-0.39, 0.29) is 12.6 Å². The van der Waals surface area contributed by atoms with E-state index in [0.717, 1.165) is 6.26 Å². The molecule has 4 N–H and O–H groups in total. The number of primary amides is 1. The minimum absolute atomic E-state index is 0.190. The number of carbonyl (C=O) groups excluding carboxylic acids is 2. The van der Waals surface area contributed by atoms with Gasteiger partial charge in [0.05, 0.1) is 6.26 Å². The molecule has 0 heterocycles. The summed E-state index contributed by atoms with van der Waals surface area (Å²) in [4.78, 5) is 38.6. The number of carboxylic acids is 2. The summed E-state index contributed by atoms with van der Waals surface area (Å²) in [5.41, 5.74) is 4.57. The molecule has 0 spiro atoms. The molecule has 0 aromatic rings. The van der Waals surface area contributed by atoms with Gasteiger partial charge in [0.1, 0.15) is 6.61 Å². The Balaban J connectivity index is -0.000000234. The average molecular weight is 303 g/mol. The summed E-state index contributed by atoms with van der Waals surface area (Å²) in [7, 11) is 0. The first kappa shape index (κ1) is 23.0. The highest BCUT2D eigenvalue weighted by Crippen LogP contribution is 1.71. The lowest BCUT2D eigenvalue weighted by atomic mass is 10.5. The summed E-state index contributed by atoms with van der Waals surface area (Å²) in [6.07, 6.45) is 2.90. The third kappa shape index (κ3) is 47.4. The summed E-state index contributed by atoms with van der Waals surface area (Å²) in [5.74, 6) is -2.84. The second-order valence-corrected chi connectivity index (χ2v) is 2.70. The van der Waals surface area contributed by atoms with Crippen molar-refractivity contribution in [2.45, 2.75) is 6.92 Å². The molecule has 1 amide bonds. The topological polar surface area (TPSA) is 153 Å². The average Bonchev–Trinajstić information content (AvgIpc) is 2.35. The molecule has 118 valence electrons. The first-order valence-corrected chi connectivity index (χ1v) is 5.12. The van der Waals surface area contributed by atoms with Gasteiger partial charge in [-0.15, -0.1) is 0 Å². The van der Waals surface area contributed by atoms with Crippen molar-refractivity contribution in [1.82, 2.24) is 0 Å². The molecule has 0 atom stereocenters. The van der Waals surface area contributed by atoms with E-state index in [1.165, 1.54) is 13.0 Å². The first-order chi connectivity index (χ1) is 9.67. The van der Waals surface area contributed by atoms with Crippen molar-refractivity contribution >= 4 is 24.0 Å². The van der Waals surface area contributed by atoms with Crippen molar-refractivity contribution in [3.05, 3.63) is 37.6 Å². The Bertz CT molecular complexity index is 384. The van der Waals surface area contributed by atoms with Crippen LogP contribution in [0.3, 0.4) is 0 Å². The van der Waals surface area contributed by atoms with Crippen LogP contribution < -0.4 is 5.73 Å². The Morgan fingerprint density at radius 3 is 1.62 bits per heavy atom. The maximum atomic E-state index is 9.75. The summed E-state index contributed by atoms with van der Waals surface area (Å²) in [5, 5.41) is 15.6. The zero-order chi connectivity index (χ0) is 17.3. The first-order valence-electron chi connectivity index (χ1n) is 5.12. The van der Waals surface area contributed by atoms with Crippen LogP contribution in [-0.4, -0.2) is 40.8 Å². The van der Waals surface area contributed by atoms with E-state index < -0.39 is 18.0 Å². The monoisotopic (exact) mass is 303 g/mol. The number of hydrogen-bond donors (Lipinski definition) is 3. The molecular formula is C12H17NO8. The maximum absolute atomic E-state index is 9.75. The van der Waals surface area contributed by atoms with E-state index in [1.54, 1.807) is 0 Å². The van der Waals surface area contributed by atoms with Crippen LogP contribution in [0.5, 0.6) is 0 Å². The smallest absolute Gasteiger partial charge is 0.404 e. The van der Waals surface area contributed by atoms with Crippen LogP contribution in [0.25, 0.3) is 0 Å². The number of aliphatic carboxylic acids is 2. The van der Waals surface area contributed by atoms with E-state index in [2.05, 4.69) is 28.4 Å². The number of carboxylic acid groups (broad SMARTS) is 2. The van der Waals surface area contributed by atoms with Gasteiger partial charge in [0.2, 0.25) is 0 Å². The number of carbonyl (C=O) groups is 4. The number of hydrogen-bond acceptors (Lipinski definition) is 6. The van der Waals surface area contributed by atoms with Gasteiger partial charge in [0, 0.05) is 19.1 Å². The number of ether oxygens (including phenoxy) is 2. The zero-order valence-electron chi connectivity index (χ0n) is 11.4. The molecule has 0 unspecified atom stereocenters. The molecule has 9 heteroatoms. The summed E-state index contributed by atoms with van der Waals surface area (Å²) in [6, 6.07) is 0. The summed E-state index contributed by atoms with van der Waals surface area (Å²) < 4.78 is 8.38. The van der Waals surface area contributed by atoms with Crippen molar-refractivity contribution in [1.29, 1.82) is 0 Å². The van der Waals surface area contributed by atoms with Crippen LogP contribution in [0.4, 0.5) is 4.79 Å². The highest BCUT2D eigenvalue weighted by Gasteiger charge is 1.88. The molecule has 0 aliphatic carbocycles. The Morgan fingerprint density at radius 2 is 1.52 bits per heavy atom. The van der Waals surface area contributed by atoms with Crippen molar-refractivity contribution in [3.8, 4) is 0 Å². The molecule has 0 bridgehead atoms. The molecule has 0 radical (unpaired) electrons. The molecule has 0 aromatic carbocycles. The van der Waals surface area contributed by atoms with Gasteiger partial charge < -0.3 is 25.4 Å².